The Balaban J connectivity index is 2.66. The molecule has 0 radical (unpaired) electrons. The molecule has 1 aliphatic heterocycles. The molecule has 118 valence electrons. The minimum absolute atomic E-state index is 0.0555. The summed E-state index contributed by atoms with van der Waals surface area (Å²) in [4.78, 5) is 40.1. The molecule has 7 nitrogen and oxygen atoms in total. The summed E-state index contributed by atoms with van der Waals surface area (Å²) < 4.78 is 0. The van der Waals surface area contributed by atoms with Gasteiger partial charge in [-0.25, -0.2) is 4.79 Å². The lowest BCUT2D eigenvalue weighted by atomic mass is 10.0. The topological polar surface area (TPSA) is 87.0 Å². The highest BCUT2D eigenvalue weighted by atomic mass is 16.2. The summed E-state index contributed by atoms with van der Waals surface area (Å²) in [5.41, 5.74) is 5.37. The van der Waals surface area contributed by atoms with Crippen LogP contribution in [-0.2, 0) is 9.59 Å². The number of rotatable bonds is 4. The number of piperazine rings is 1. The van der Waals surface area contributed by atoms with Crippen molar-refractivity contribution in [2.24, 2.45) is 11.7 Å². The minimum Gasteiger partial charge on any atom is -0.368 e. The van der Waals surface area contributed by atoms with Crippen LogP contribution in [0.3, 0.4) is 0 Å². The number of likely N-dealkylation sites (N-methyl/N-ethyl adjacent to an activating group) is 1. The summed E-state index contributed by atoms with van der Waals surface area (Å²) >= 11 is 0. The molecule has 0 aromatic carbocycles. The summed E-state index contributed by atoms with van der Waals surface area (Å²) in [6.07, 6.45) is 1.27. The van der Waals surface area contributed by atoms with E-state index in [-0.39, 0.29) is 17.9 Å². The standard InChI is InChI=1S/C14H24N4O3/c1-5-11(19)17-6-8-18(9-7-17)14(21)16(4)12(10(2)3)13(15)20/h5,10,12H,1,6-9H2,2-4H3,(H2,15,20)/t12-/m0/s1. The van der Waals surface area contributed by atoms with Gasteiger partial charge in [-0.3, -0.25) is 9.59 Å². The summed E-state index contributed by atoms with van der Waals surface area (Å²) in [5, 5.41) is 0. The van der Waals surface area contributed by atoms with Crippen molar-refractivity contribution in [1.29, 1.82) is 0 Å². The Hall–Kier alpha value is -2.05. The van der Waals surface area contributed by atoms with Crippen molar-refractivity contribution in [2.45, 2.75) is 19.9 Å². The summed E-state index contributed by atoms with van der Waals surface area (Å²) in [6, 6.07) is -0.872. The molecular weight excluding hydrogens is 272 g/mol. The number of nitrogens with zero attached hydrogens (tertiary/aromatic N) is 3. The van der Waals surface area contributed by atoms with Gasteiger partial charge in [0.05, 0.1) is 0 Å². The van der Waals surface area contributed by atoms with Crippen molar-refractivity contribution in [1.82, 2.24) is 14.7 Å². The van der Waals surface area contributed by atoms with E-state index in [1.807, 2.05) is 13.8 Å². The highest BCUT2D eigenvalue weighted by molar-refractivity contribution is 5.88. The van der Waals surface area contributed by atoms with E-state index in [0.717, 1.165) is 0 Å². The molecule has 0 aromatic rings. The molecule has 0 unspecified atom stereocenters. The molecule has 0 aromatic heterocycles. The lowest BCUT2D eigenvalue weighted by Crippen LogP contribution is -2.57. The summed E-state index contributed by atoms with van der Waals surface area (Å²) in [6.45, 7) is 8.95. The number of nitrogens with two attached hydrogens (primary N) is 1. The highest BCUT2D eigenvalue weighted by Gasteiger charge is 2.32. The van der Waals surface area contributed by atoms with E-state index in [1.54, 1.807) is 16.8 Å². The zero-order valence-electron chi connectivity index (χ0n) is 12.9. The zero-order chi connectivity index (χ0) is 16.2. The van der Waals surface area contributed by atoms with E-state index >= 15 is 0 Å². The highest BCUT2D eigenvalue weighted by Crippen LogP contribution is 2.13. The van der Waals surface area contributed by atoms with Crippen LogP contribution in [0.15, 0.2) is 12.7 Å². The first-order valence-corrected chi connectivity index (χ1v) is 7.02. The van der Waals surface area contributed by atoms with Gasteiger partial charge in [-0.2, -0.15) is 0 Å². The van der Waals surface area contributed by atoms with Crippen LogP contribution >= 0.6 is 0 Å². The first kappa shape index (κ1) is 17.0. The summed E-state index contributed by atoms with van der Waals surface area (Å²) in [7, 11) is 1.58. The van der Waals surface area contributed by atoms with Crippen molar-refractivity contribution in [3.8, 4) is 0 Å². The van der Waals surface area contributed by atoms with Gasteiger partial charge in [-0.05, 0) is 12.0 Å². The first-order valence-electron chi connectivity index (χ1n) is 7.02. The fraction of sp³-hybridized carbons (Fsp3) is 0.643. The van der Waals surface area contributed by atoms with Crippen LogP contribution in [0.4, 0.5) is 4.79 Å². The SMILES string of the molecule is C=CC(=O)N1CCN(C(=O)N(C)[C@H](C(N)=O)C(C)C)CC1. The Labute approximate surface area is 125 Å². The number of hydrogen-bond donors (Lipinski definition) is 1. The van der Waals surface area contributed by atoms with E-state index in [2.05, 4.69) is 6.58 Å². The number of urea groups is 1. The van der Waals surface area contributed by atoms with Crippen LogP contribution in [0.2, 0.25) is 0 Å². The quantitative estimate of drug-likeness (QED) is 0.734. The molecular formula is C14H24N4O3. The third-order valence-electron chi connectivity index (χ3n) is 3.68. The van der Waals surface area contributed by atoms with Gasteiger partial charge in [0.25, 0.3) is 0 Å². The van der Waals surface area contributed by atoms with Gasteiger partial charge in [0.1, 0.15) is 6.04 Å². The largest absolute Gasteiger partial charge is 0.368 e. The fourth-order valence-corrected chi connectivity index (χ4v) is 2.56. The number of carbonyl (C=O) groups is 3. The first-order chi connectivity index (χ1) is 9.79. The molecule has 0 bridgehead atoms. The van der Waals surface area contributed by atoms with E-state index in [9.17, 15) is 14.4 Å². The predicted molar refractivity (Wildman–Crippen MR) is 79.3 cm³/mol. The van der Waals surface area contributed by atoms with Crippen molar-refractivity contribution in [3.63, 3.8) is 0 Å². The van der Waals surface area contributed by atoms with Crippen molar-refractivity contribution in [3.05, 3.63) is 12.7 Å². The molecule has 1 atom stereocenters. The number of carbonyl (C=O) groups excluding carboxylic acids is 3. The second-order valence-corrected chi connectivity index (χ2v) is 5.50. The fourth-order valence-electron chi connectivity index (χ4n) is 2.56. The van der Waals surface area contributed by atoms with Crippen LogP contribution in [-0.4, -0.2) is 71.8 Å². The third kappa shape index (κ3) is 3.96. The maximum atomic E-state index is 12.4. The van der Waals surface area contributed by atoms with E-state index < -0.39 is 11.9 Å². The Kier molecular flexibility index (Phi) is 5.75. The van der Waals surface area contributed by atoms with E-state index in [4.69, 9.17) is 5.73 Å². The number of hydrogen-bond acceptors (Lipinski definition) is 3. The zero-order valence-corrected chi connectivity index (χ0v) is 12.9. The van der Waals surface area contributed by atoms with Crippen molar-refractivity contribution in [2.75, 3.05) is 33.2 Å². The Morgan fingerprint density at radius 3 is 2.00 bits per heavy atom. The second-order valence-electron chi connectivity index (χ2n) is 5.50. The average Bonchev–Trinajstić information content (AvgIpc) is 2.45. The smallest absolute Gasteiger partial charge is 0.320 e. The minimum atomic E-state index is -0.634. The van der Waals surface area contributed by atoms with Crippen LogP contribution in [0.25, 0.3) is 0 Å². The van der Waals surface area contributed by atoms with Crippen LogP contribution in [0.1, 0.15) is 13.8 Å². The van der Waals surface area contributed by atoms with Crippen molar-refractivity contribution >= 4 is 17.8 Å². The summed E-state index contributed by atoms with van der Waals surface area (Å²) in [5.74, 6) is -0.700. The normalized spacial score (nSPS) is 16.6. The van der Waals surface area contributed by atoms with Gasteiger partial charge in [0.15, 0.2) is 0 Å². The molecule has 1 fully saturated rings. The van der Waals surface area contributed by atoms with Crippen LogP contribution < -0.4 is 5.73 Å². The monoisotopic (exact) mass is 296 g/mol. The van der Waals surface area contributed by atoms with Gasteiger partial charge in [0, 0.05) is 33.2 Å². The number of amides is 4. The third-order valence-corrected chi connectivity index (χ3v) is 3.68. The molecule has 2 N–H and O–H groups in total. The maximum absolute atomic E-state index is 12.4. The number of primary amides is 1. The molecule has 4 amide bonds. The molecule has 1 aliphatic rings. The second kappa shape index (κ2) is 7.10. The van der Waals surface area contributed by atoms with E-state index in [0.29, 0.717) is 26.2 Å². The Bertz CT molecular complexity index is 428. The van der Waals surface area contributed by atoms with Gasteiger partial charge in [0.2, 0.25) is 11.8 Å². The molecule has 7 heteroatoms. The van der Waals surface area contributed by atoms with Crippen LogP contribution in [0, 0.1) is 5.92 Å². The Morgan fingerprint density at radius 1 is 1.14 bits per heavy atom. The lowest BCUT2D eigenvalue weighted by molar-refractivity contribution is -0.127. The molecule has 1 saturated heterocycles. The molecule has 1 heterocycles. The van der Waals surface area contributed by atoms with Gasteiger partial charge >= 0.3 is 6.03 Å². The van der Waals surface area contributed by atoms with Gasteiger partial charge in [-0.15, -0.1) is 0 Å². The molecule has 0 saturated carbocycles. The molecule has 1 rings (SSSR count). The average molecular weight is 296 g/mol. The lowest BCUT2D eigenvalue weighted by Gasteiger charge is -2.38. The van der Waals surface area contributed by atoms with Gasteiger partial charge in [-0.1, -0.05) is 20.4 Å². The molecule has 21 heavy (non-hydrogen) atoms. The predicted octanol–water partition coefficient (Wildman–Crippen LogP) is -0.122. The molecule has 0 aliphatic carbocycles. The Morgan fingerprint density at radius 2 is 1.62 bits per heavy atom. The van der Waals surface area contributed by atoms with Crippen molar-refractivity contribution < 1.29 is 14.4 Å². The van der Waals surface area contributed by atoms with Gasteiger partial charge < -0.3 is 20.4 Å². The van der Waals surface area contributed by atoms with E-state index in [1.165, 1.54) is 11.0 Å². The van der Waals surface area contributed by atoms with Crippen LogP contribution in [0.5, 0.6) is 0 Å². The maximum Gasteiger partial charge on any atom is 0.320 e. The molecule has 0 spiro atoms.